The predicted octanol–water partition coefficient (Wildman–Crippen LogP) is 2.64. The topological polar surface area (TPSA) is 65.5 Å². The van der Waals surface area contributed by atoms with Crippen LogP contribution in [0.25, 0.3) is 0 Å². The second-order valence-corrected chi connectivity index (χ2v) is 6.71. The van der Waals surface area contributed by atoms with E-state index in [0.717, 1.165) is 19.3 Å². The van der Waals surface area contributed by atoms with E-state index in [0.29, 0.717) is 31.7 Å². The number of rotatable bonds is 8. The number of carbonyl (C=O) groups is 1. The first-order valence-corrected chi connectivity index (χ1v) is 8.84. The quantitative estimate of drug-likeness (QED) is 0.765. The summed E-state index contributed by atoms with van der Waals surface area (Å²) in [5.74, 6) is -0.139. The van der Waals surface area contributed by atoms with Crippen LogP contribution in [0.3, 0.4) is 0 Å². The second-order valence-electron chi connectivity index (χ2n) is 6.71. The molecule has 24 heavy (non-hydrogen) atoms. The number of aliphatic hydroxyl groups is 1. The first kappa shape index (κ1) is 18.6. The highest BCUT2D eigenvalue weighted by Crippen LogP contribution is 2.24. The van der Waals surface area contributed by atoms with Gasteiger partial charge in [0, 0.05) is 25.3 Å². The molecule has 0 spiro atoms. The molecule has 0 saturated carbocycles. The minimum absolute atomic E-state index is 0.0357. The SMILES string of the molecule is CCCC(O)(CCC)CC(=O)NC1CCN(c2ncccc2F)C1. The van der Waals surface area contributed by atoms with Gasteiger partial charge >= 0.3 is 0 Å². The number of nitrogens with zero attached hydrogens (tertiary/aromatic N) is 2. The molecule has 0 aliphatic carbocycles. The summed E-state index contributed by atoms with van der Waals surface area (Å²) < 4.78 is 13.8. The van der Waals surface area contributed by atoms with Crippen molar-refractivity contribution < 1.29 is 14.3 Å². The van der Waals surface area contributed by atoms with Gasteiger partial charge in [-0.25, -0.2) is 9.37 Å². The molecule has 2 rings (SSSR count). The molecule has 6 heteroatoms. The summed E-state index contributed by atoms with van der Waals surface area (Å²) in [7, 11) is 0. The molecular weight excluding hydrogens is 309 g/mol. The van der Waals surface area contributed by atoms with Gasteiger partial charge in [0.1, 0.15) is 0 Å². The Bertz CT molecular complexity index is 547. The van der Waals surface area contributed by atoms with E-state index < -0.39 is 5.60 Å². The molecule has 134 valence electrons. The zero-order chi connectivity index (χ0) is 17.6. The summed E-state index contributed by atoms with van der Waals surface area (Å²) in [6, 6.07) is 2.92. The van der Waals surface area contributed by atoms with E-state index in [2.05, 4.69) is 10.3 Å². The Morgan fingerprint density at radius 1 is 1.46 bits per heavy atom. The van der Waals surface area contributed by atoms with Crippen LogP contribution < -0.4 is 10.2 Å². The highest BCUT2D eigenvalue weighted by Gasteiger charge is 2.31. The smallest absolute Gasteiger partial charge is 0.223 e. The van der Waals surface area contributed by atoms with Crippen LogP contribution in [0.15, 0.2) is 18.3 Å². The molecule has 1 saturated heterocycles. The number of aromatic nitrogens is 1. The van der Waals surface area contributed by atoms with Gasteiger partial charge in [0.05, 0.1) is 12.0 Å². The fourth-order valence-corrected chi connectivity index (χ4v) is 3.49. The third-order valence-corrected chi connectivity index (χ3v) is 4.51. The lowest BCUT2D eigenvalue weighted by Crippen LogP contribution is -2.42. The van der Waals surface area contributed by atoms with Crippen LogP contribution >= 0.6 is 0 Å². The maximum absolute atomic E-state index is 13.8. The van der Waals surface area contributed by atoms with Gasteiger partial charge in [0.25, 0.3) is 0 Å². The minimum Gasteiger partial charge on any atom is -0.389 e. The Balaban J connectivity index is 1.88. The van der Waals surface area contributed by atoms with Crippen LogP contribution in [-0.4, -0.2) is 40.7 Å². The van der Waals surface area contributed by atoms with Crippen molar-refractivity contribution in [1.82, 2.24) is 10.3 Å². The van der Waals surface area contributed by atoms with Crippen molar-refractivity contribution in [1.29, 1.82) is 0 Å². The van der Waals surface area contributed by atoms with Gasteiger partial charge in [-0.1, -0.05) is 26.7 Å². The average molecular weight is 337 g/mol. The monoisotopic (exact) mass is 337 g/mol. The fourth-order valence-electron chi connectivity index (χ4n) is 3.49. The van der Waals surface area contributed by atoms with Gasteiger partial charge in [0.15, 0.2) is 11.6 Å². The molecule has 0 radical (unpaired) electrons. The first-order chi connectivity index (χ1) is 11.5. The van der Waals surface area contributed by atoms with Gasteiger partial charge in [0.2, 0.25) is 5.91 Å². The zero-order valence-electron chi connectivity index (χ0n) is 14.6. The van der Waals surface area contributed by atoms with Gasteiger partial charge in [-0.2, -0.15) is 0 Å². The molecule has 1 amide bonds. The summed E-state index contributed by atoms with van der Waals surface area (Å²) in [6.07, 6.45) is 5.40. The molecule has 1 fully saturated rings. The number of amides is 1. The number of anilines is 1. The molecule has 1 aliphatic heterocycles. The van der Waals surface area contributed by atoms with Crippen molar-refractivity contribution >= 4 is 11.7 Å². The number of nitrogens with one attached hydrogen (secondary N) is 1. The maximum Gasteiger partial charge on any atom is 0.223 e. The van der Waals surface area contributed by atoms with E-state index in [1.165, 1.54) is 6.07 Å². The van der Waals surface area contributed by atoms with Crippen LogP contribution in [0.1, 0.15) is 52.4 Å². The lowest BCUT2D eigenvalue weighted by molar-refractivity contribution is -0.127. The third-order valence-electron chi connectivity index (χ3n) is 4.51. The summed E-state index contributed by atoms with van der Waals surface area (Å²) in [4.78, 5) is 18.2. The Labute approximate surface area is 143 Å². The summed E-state index contributed by atoms with van der Waals surface area (Å²) >= 11 is 0. The molecule has 1 atom stereocenters. The third kappa shape index (κ3) is 4.90. The van der Waals surface area contributed by atoms with Crippen molar-refractivity contribution in [2.45, 2.75) is 64.0 Å². The predicted molar refractivity (Wildman–Crippen MR) is 92.3 cm³/mol. The standard InChI is InChI=1S/C18H28FN3O2/c1-3-8-18(24,9-4-2)12-16(23)21-14-7-11-22(13-14)17-15(19)6-5-10-20-17/h5-6,10,14,24H,3-4,7-9,11-13H2,1-2H3,(H,21,23). The van der Waals surface area contributed by atoms with E-state index in [-0.39, 0.29) is 24.2 Å². The van der Waals surface area contributed by atoms with Gasteiger partial charge in [-0.3, -0.25) is 4.79 Å². The molecular formula is C18H28FN3O2. The van der Waals surface area contributed by atoms with E-state index in [9.17, 15) is 14.3 Å². The van der Waals surface area contributed by atoms with Crippen molar-refractivity contribution in [2.24, 2.45) is 0 Å². The van der Waals surface area contributed by atoms with Crippen LogP contribution in [0, 0.1) is 5.82 Å². The molecule has 0 aromatic carbocycles. The Kier molecular flexibility index (Phi) is 6.54. The van der Waals surface area contributed by atoms with Crippen molar-refractivity contribution in [2.75, 3.05) is 18.0 Å². The highest BCUT2D eigenvalue weighted by atomic mass is 19.1. The zero-order valence-corrected chi connectivity index (χ0v) is 14.6. The summed E-state index contributed by atoms with van der Waals surface area (Å²) in [5.41, 5.74) is -0.918. The lowest BCUT2D eigenvalue weighted by Gasteiger charge is -2.27. The number of halogens is 1. The van der Waals surface area contributed by atoms with E-state index in [1.807, 2.05) is 18.7 Å². The molecule has 1 aliphatic rings. The fraction of sp³-hybridized carbons (Fsp3) is 0.667. The normalized spacial score (nSPS) is 18.0. The van der Waals surface area contributed by atoms with Gasteiger partial charge < -0.3 is 15.3 Å². The Morgan fingerprint density at radius 3 is 2.79 bits per heavy atom. The van der Waals surface area contributed by atoms with E-state index >= 15 is 0 Å². The first-order valence-electron chi connectivity index (χ1n) is 8.84. The molecule has 2 heterocycles. The number of carbonyl (C=O) groups excluding carboxylic acids is 1. The van der Waals surface area contributed by atoms with Crippen molar-refractivity contribution in [3.8, 4) is 0 Å². The van der Waals surface area contributed by atoms with E-state index in [1.54, 1.807) is 12.3 Å². The molecule has 1 aromatic heterocycles. The Hall–Kier alpha value is -1.69. The maximum atomic E-state index is 13.8. The van der Waals surface area contributed by atoms with Crippen molar-refractivity contribution in [3.63, 3.8) is 0 Å². The molecule has 0 bridgehead atoms. The number of pyridine rings is 1. The van der Waals surface area contributed by atoms with Crippen LogP contribution in [0.4, 0.5) is 10.2 Å². The lowest BCUT2D eigenvalue weighted by atomic mass is 9.89. The summed E-state index contributed by atoms with van der Waals surface area (Å²) in [5, 5.41) is 13.6. The molecule has 5 nitrogen and oxygen atoms in total. The molecule has 1 unspecified atom stereocenters. The minimum atomic E-state index is -0.918. The van der Waals surface area contributed by atoms with Crippen LogP contribution in [0.2, 0.25) is 0 Å². The van der Waals surface area contributed by atoms with Crippen LogP contribution in [-0.2, 0) is 4.79 Å². The van der Waals surface area contributed by atoms with Crippen molar-refractivity contribution in [3.05, 3.63) is 24.1 Å². The largest absolute Gasteiger partial charge is 0.389 e. The molecule has 1 aromatic rings. The molecule has 2 N–H and O–H groups in total. The van der Waals surface area contributed by atoms with Gasteiger partial charge in [-0.05, 0) is 31.4 Å². The number of hydrogen-bond donors (Lipinski definition) is 2. The van der Waals surface area contributed by atoms with Gasteiger partial charge in [-0.15, -0.1) is 0 Å². The van der Waals surface area contributed by atoms with E-state index in [4.69, 9.17) is 0 Å². The Morgan fingerprint density at radius 2 is 2.17 bits per heavy atom. The second kappa shape index (κ2) is 8.42. The average Bonchev–Trinajstić information content (AvgIpc) is 2.95. The highest BCUT2D eigenvalue weighted by molar-refractivity contribution is 5.77. The number of hydrogen-bond acceptors (Lipinski definition) is 4. The summed E-state index contributed by atoms with van der Waals surface area (Å²) in [6.45, 7) is 5.22. The van der Waals surface area contributed by atoms with Crippen LogP contribution in [0.5, 0.6) is 0 Å².